The molecule has 0 saturated carbocycles. The van der Waals surface area contributed by atoms with Gasteiger partial charge in [-0.05, 0) is 37.6 Å². The molecule has 0 aliphatic rings. The van der Waals surface area contributed by atoms with E-state index < -0.39 is 0 Å². The predicted octanol–water partition coefficient (Wildman–Crippen LogP) is 3.92. The number of carbonyl (C=O) groups excluding carboxylic acids is 1. The molecule has 6 heteroatoms. The quantitative estimate of drug-likeness (QED) is 0.738. The second kappa shape index (κ2) is 7.17. The number of aromatic nitrogens is 2. The van der Waals surface area contributed by atoms with Crippen LogP contribution < -0.4 is 10.6 Å². The molecule has 0 saturated heterocycles. The van der Waals surface area contributed by atoms with Crippen LogP contribution in [0.15, 0.2) is 47.0 Å². The second-order valence-electron chi connectivity index (χ2n) is 5.96. The van der Waals surface area contributed by atoms with Gasteiger partial charge in [-0.25, -0.2) is 0 Å². The zero-order valence-corrected chi connectivity index (χ0v) is 14.5. The summed E-state index contributed by atoms with van der Waals surface area (Å²) in [5.41, 5.74) is 4.68. The van der Waals surface area contributed by atoms with Crippen molar-refractivity contribution in [1.29, 1.82) is 0 Å². The minimum Gasteiger partial charge on any atom is -0.374 e. The van der Waals surface area contributed by atoms with Crippen molar-refractivity contribution in [1.82, 2.24) is 10.1 Å². The van der Waals surface area contributed by atoms with E-state index in [4.69, 9.17) is 4.52 Å². The molecule has 0 bridgehead atoms. The van der Waals surface area contributed by atoms with E-state index in [1.807, 2.05) is 56.3 Å². The van der Waals surface area contributed by atoms with Crippen LogP contribution in [0.5, 0.6) is 0 Å². The van der Waals surface area contributed by atoms with Crippen LogP contribution in [0.1, 0.15) is 23.9 Å². The largest absolute Gasteiger partial charge is 0.374 e. The van der Waals surface area contributed by atoms with Crippen LogP contribution in [0.2, 0.25) is 0 Å². The third kappa shape index (κ3) is 4.23. The lowest BCUT2D eigenvalue weighted by Gasteiger charge is -2.11. The lowest BCUT2D eigenvalue weighted by atomic mass is 10.1. The first-order valence-corrected chi connectivity index (χ1v) is 8.03. The first-order valence-electron chi connectivity index (χ1n) is 8.03. The summed E-state index contributed by atoms with van der Waals surface area (Å²) in [6.45, 7) is 5.86. The first-order chi connectivity index (χ1) is 12.0. The highest BCUT2D eigenvalue weighted by molar-refractivity contribution is 5.92. The predicted molar refractivity (Wildman–Crippen MR) is 97.3 cm³/mol. The molecule has 1 aromatic heterocycles. The Kier molecular flexibility index (Phi) is 4.79. The summed E-state index contributed by atoms with van der Waals surface area (Å²) in [6, 6.07) is 13.7. The standard InChI is InChI=1S/C19H20N4O2/c1-12-5-4-6-15(9-12)19-22-18(25-23-19)11-20-17-10-13(2)7-8-16(17)21-14(3)24/h4-10,20H,11H2,1-3H3,(H,21,24). The smallest absolute Gasteiger partial charge is 0.246 e. The SMILES string of the molecule is CC(=O)Nc1ccc(C)cc1NCc1nc(-c2cccc(C)c2)no1. The van der Waals surface area contributed by atoms with Crippen molar-refractivity contribution in [3.05, 3.63) is 59.5 Å². The number of rotatable bonds is 5. The number of carbonyl (C=O) groups is 1. The lowest BCUT2D eigenvalue weighted by Crippen LogP contribution is -2.09. The van der Waals surface area contributed by atoms with Crippen LogP contribution >= 0.6 is 0 Å². The molecule has 1 amide bonds. The summed E-state index contributed by atoms with van der Waals surface area (Å²) in [6.07, 6.45) is 0. The van der Waals surface area contributed by atoms with Crippen LogP contribution in [-0.4, -0.2) is 16.0 Å². The number of benzene rings is 2. The van der Waals surface area contributed by atoms with Crippen molar-refractivity contribution < 1.29 is 9.32 Å². The summed E-state index contributed by atoms with van der Waals surface area (Å²) in [5, 5.41) is 10.1. The van der Waals surface area contributed by atoms with E-state index in [1.165, 1.54) is 6.92 Å². The number of anilines is 2. The molecule has 0 aliphatic carbocycles. The summed E-state index contributed by atoms with van der Waals surface area (Å²) < 4.78 is 5.32. The zero-order valence-electron chi connectivity index (χ0n) is 14.5. The molecule has 0 fully saturated rings. The van der Waals surface area contributed by atoms with Gasteiger partial charge in [-0.2, -0.15) is 4.98 Å². The highest BCUT2D eigenvalue weighted by Crippen LogP contribution is 2.24. The fourth-order valence-electron chi connectivity index (χ4n) is 2.50. The third-order valence-electron chi connectivity index (χ3n) is 3.66. The number of hydrogen-bond donors (Lipinski definition) is 2. The van der Waals surface area contributed by atoms with Gasteiger partial charge < -0.3 is 15.2 Å². The Morgan fingerprint density at radius 3 is 2.64 bits per heavy atom. The molecule has 0 aliphatic heterocycles. The van der Waals surface area contributed by atoms with Crippen molar-refractivity contribution in [2.75, 3.05) is 10.6 Å². The van der Waals surface area contributed by atoms with E-state index in [-0.39, 0.29) is 5.91 Å². The maximum Gasteiger partial charge on any atom is 0.246 e. The first kappa shape index (κ1) is 16.7. The topological polar surface area (TPSA) is 80.0 Å². The maximum absolute atomic E-state index is 11.3. The Labute approximate surface area is 146 Å². The molecule has 25 heavy (non-hydrogen) atoms. The maximum atomic E-state index is 11.3. The van der Waals surface area contributed by atoms with Crippen LogP contribution in [-0.2, 0) is 11.3 Å². The molecule has 6 nitrogen and oxygen atoms in total. The molecule has 1 heterocycles. The average Bonchev–Trinajstić information content (AvgIpc) is 3.04. The van der Waals surface area contributed by atoms with E-state index >= 15 is 0 Å². The van der Waals surface area contributed by atoms with Gasteiger partial charge in [-0.15, -0.1) is 0 Å². The molecule has 0 unspecified atom stereocenters. The molecule has 2 N–H and O–H groups in total. The van der Waals surface area contributed by atoms with Crippen molar-refractivity contribution in [2.45, 2.75) is 27.3 Å². The molecule has 0 radical (unpaired) electrons. The van der Waals surface area contributed by atoms with Gasteiger partial charge in [-0.1, -0.05) is 35.0 Å². The summed E-state index contributed by atoms with van der Waals surface area (Å²) >= 11 is 0. The zero-order chi connectivity index (χ0) is 17.8. The molecule has 128 valence electrons. The number of hydrogen-bond acceptors (Lipinski definition) is 5. The van der Waals surface area contributed by atoms with Crippen LogP contribution in [0.25, 0.3) is 11.4 Å². The van der Waals surface area contributed by atoms with Gasteiger partial charge >= 0.3 is 0 Å². The van der Waals surface area contributed by atoms with Gasteiger partial charge in [0.25, 0.3) is 0 Å². The Bertz CT molecular complexity index is 902. The van der Waals surface area contributed by atoms with E-state index in [1.54, 1.807) is 0 Å². The van der Waals surface area contributed by atoms with Crippen molar-refractivity contribution in [3.8, 4) is 11.4 Å². The van der Waals surface area contributed by atoms with Crippen molar-refractivity contribution in [3.63, 3.8) is 0 Å². The fraction of sp³-hybridized carbons (Fsp3) is 0.211. The van der Waals surface area contributed by atoms with Crippen LogP contribution in [0.3, 0.4) is 0 Å². The Hall–Kier alpha value is -3.15. The van der Waals surface area contributed by atoms with Crippen molar-refractivity contribution >= 4 is 17.3 Å². The second-order valence-corrected chi connectivity index (χ2v) is 5.96. The van der Waals surface area contributed by atoms with Gasteiger partial charge in [0.1, 0.15) is 0 Å². The van der Waals surface area contributed by atoms with Gasteiger partial charge in [-0.3, -0.25) is 4.79 Å². The Balaban J connectivity index is 1.74. The number of amides is 1. The monoisotopic (exact) mass is 336 g/mol. The van der Waals surface area contributed by atoms with Gasteiger partial charge in [0, 0.05) is 12.5 Å². The van der Waals surface area contributed by atoms with E-state index in [9.17, 15) is 4.79 Å². The third-order valence-corrected chi connectivity index (χ3v) is 3.66. The van der Waals surface area contributed by atoms with Crippen molar-refractivity contribution in [2.24, 2.45) is 0 Å². The molecule has 2 aromatic carbocycles. The minimum atomic E-state index is -0.119. The number of aryl methyl sites for hydroxylation is 2. The summed E-state index contributed by atoms with van der Waals surface area (Å²) in [4.78, 5) is 15.8. The normalized spacial score (nSPS) is 10.5. The van der Waals surface area contributed by atoms with Crippen LogP contribution in [0.4, 0.5) is 11.4 Å². The highest BCUT2D eigenvalue weighted by atomic mass is 16.5. The van der Waals surface area contributed by atoms with E-state index in [2.05, 4.69) is 20.8 Å². The highest BCUT2D eigenvalue weighted by Gasteiger charge is 2.10. The Morgan fingerprint density at radius 2 is 1.88 bits per heavy atom. The molecule has 3 rings (SSSR count). The summed E-state index contributed by atoms with van der Waals surface area (Å²) in [5.74, 6) is 0.921. The van der Waals surface area contributed by atoms with E-state index in [0.29, 0.717) is 18.3 Å². The minimum absolute atomic E-state index is 0.119. The van der Waals surface area contributed by atoms with Gasteiger partial charge in [0.15, 0.2) is 0 Å². The Morgan fingerprint density at radius 1 is 1.08 bits per heavy atom. The fourth-order valence-corrected chi connectivity index (χ4v) is 2.50. The molecule has 0 spiro atoms. The molecular weight excluding hydrogens is 316 g/mol. The number of nitrogens with zero attached hydrogens (tertiary/aromatic N) is 2. The molecular formula is C19H20N4O2. The number of nitrogens with one attached hydrogen (secondary N) is 2. The molecule has 3 aromatic rings. The van der Waals surface area contributed by atoms with Gasteiger partial charge in [0.2, 0.25) is 17.6 Å². The van der Waals surface area contributed by atoms with E-state index in [0.717, 1.165) is 28.1 Å². The average molecular weight is 336 g/mol. The lowest BCUT2D eigenvalue weighted by molar-refractivity contribution is -0.114. The van der Waals surface area contributed by atoms with Gasteiger partial charge in [0.05, 0.1) is 17.9 Å². The summed E-state index contributed by atoms with van der Waals surface area (Å²) in [7, 11) is 0. The molecule has 0 atom stereocenters. The van der Waals surface area contributed by atoms with Crippen LogP contribution in [0, 0.1) is 13.8 Å².